The highest BCUT2D eigenvalue weighted by Crippen LogP contribution is 2.36. The summed E-state index contributed by atoms with van der Waals surface area (Å²) in [6.45, 7) is 3.44. The third kappa shape index (κ3) is 3.66. The second-order valence-corrected chi connectivity index (χ2v) is 8.18. The summed E-state index contributed by atoms with van der Waals surface area (Å²) in [6, 6.07) is 16.3. The molecule has 0 bridgehead atoms. The summed E-state index contributed by atoms with van der Waals surface area (Å²) in [5.41, 5.74) is 1.26. The minimum absolute atomic E-state index is 0.693. The van der Waals surface area contributed by atoms with E-state index in [1.165, 1.54) is 0 Å². The van der Waals surface area contributed by atoms with Gasteiger partial charge in [-0.3, -0.25) is 4.98 Å². The number of aromatic nitrogens is 2. The van der Waals surface area contributed by atoms with Crippen LogP contribution in [0.2, 0.25) is 0 Å². The fraction of sp³-hybridized carbons (Fsp3) is 0.320. The number of ether oxygens (including phenoxy) is 1. The molecule has 5 heteroatoms. The Labute approximate surface area is 176 Å². The van der Waals surface area contributed by atoms with Crippen molar-refractivity contribution in [3.8, 4) is 5.75 Å². The zero-order chi connectivity index (χ0) is 20.4. The smallest absolute Gasteiger partial charge is 0.128 e. The number of rotatable bonds is 6. The van der Waals surface area contributed by atoms with Crippen LogP contribution in [0.3, 0.4) is 0 Å². The second-order valence-electron chi connectivity index (χ2n) is 8.18. The van der Waals surface area contributed by atoms with Gasteiger partial charge in [0.15, 0.2) is 0 Å². The molecule has 5 rings (SSSR count). The number of aromatic amines is 1. The molecule has 0 radical (unpaired) electrons. The number of hydrogen-bond acceptors (Lipinski definition) is 4. The van der Waals surface area contributed by atoms with Gasteiger partial charge >= 0.3 is 0 Å². The monoisotopic (exact) mass is 401 g/mol. The van der Waals surface area contributed by atoms with Crippen molar-refractivity contribution in [1.29, 1.82) is 0 Å². The van der Waals surface area contributed by atoms with Gasteiger partial charge in [0.1, 0.15) is 5.75 Å². The number of pyridine rings is 1. The van der Waals surface area contributed by atoms with Crippen LogP contribution in [-0.2, 0) is 5.60 Å². The van der Waals surface area contributed by atoms with Gasteiger partial charge in [0.05, 0.1) is 12.2 Å². The Hall–Kier alpha value is -2.89. The predicted molar refractivity (Wildman–Crippen MR) is 120 cm³/mol. The molecule has 1 saturated heterocycles. The van der Waals surface area contributed by atoms with Crippen LogP contribution in [0.5, 0.6) is 5.75 Å². The average Bonchev–Trinajstić information content (AvgIpc) is 3.27. The zero-order valence-corrected chi connectivity index (χ0v) is 17.1. The first-order valence-corrected chi connectivity index (χ1v) is 10.7. The first-order valence-electron chi connectivity index (χ1n) is 10.7. The maximum Gasteiger partial charge on any atom is 0.128 e. The summed E-state index contributed by atoms with van der Waals surface area (Å²) in [6.07, 6.45) is 8.07. The molecule has 3 heterocycles. The van der Waals surface area contributed by atoms with Crippen LogP contribution in [0, 0.1) is 0 Å². The molecular formula is C25H27N3O2. The number of piperidine rings is 1. The van der Waals surface area contributed by atoms with Crippen LogP contribution < -0.4 is 4.74 Å². The Morgan fingerprint density at radius 2 is 1.87 bits per heavy atom. The van der Waals surface area contributed by atoms with E-state index >= 15 is 0 Å². The van der Waals surface area contributed by atoms with Crippen molar-refractivity contribution in [1.82, 2.24) is 14.9 Å². The van der Waals surface area contributed by atoms with E-state index in [2.05, 4.69) is 39.1 Å². The molecule has 0 atom stereocenters. The molecule has 1 fully saturated rings. The van der Waals surface area contributed by atoms with E-state index in [9.17, 15) is 5.11 Å². The largest absolute Gasteiger partial charge is 0.493 e. The highest BCUT2D eigenvalue weighted by molar-refractivity contribution is 5.86. The molecule has 5 nitrogen and oxygen atoms in total. The van der Waals surface area contributed by atoms with E-state index in [4.69, 9.17) is 4.74 Å². The number of nitrogens with one attached hydrogen (secondary N) is 1. The second kappa shape index (κ2) is 8.09. The van der Waals surface area contributed by atoms with E-state index in [0.717, 1.165) is 71.9 Å². The van der Waals surface area contributed by atoms with Gasteiger partial charge in [0.25, 0.3) is 0 Å². The summed E-state index contributed by atoms with van der Waals surface area (Å²) in [4.78, 5) is 10.0. The number of benzene rings is 2. The lowest BCUT2D eigenvalue weighted by atomic mass is 9.83. The van der Waals surface area contributed by atoms with Crippen molar-refractivity contribution >= 4 is 21.7 Å². The SMILES string of the molecule is OC1(c2cncc3ccccc23)CCN(CCCOc2cccc3[nH]ccc23)CC1. The van der Waals surface area contributed by atoms with Crippen LogP contribution >= 0.6 is 0 Å². The Morgan fingerprint density at radius 1 is 1.00 bits per heavy atom. The van der Waals surface area contributed by atoms with E-state index in [1.54, 1.807) is 0 Å². The number of nitrogens with zero attached hydrogens (tertiary/aromatic N) is 2. The lowest BCUT2D eigenvalue weighted by Crippen LogP contribution is -2.43. The summed E-state index contributed by atoms with van der Waals surface area (Å²) in [7, 11) is 0. The number of H-pyrrole nitrogens is 1. The van der Waals surface area contributed by atoms with Gasteiger partial charge in [0.2, 0.25) is 0 Å². The molecule has 0 spiro atoms. The molecule has 1 aliphatic rings. The molecule has 2 N–H and O–H groups in total. The number of likely N-dealkylation sites (tertiary alicyclic amines) is 1. The molecule has 0 amide bonds. The summed E-state index contributed by atoms with van der Waals surface area (Å²) in [5, 5.41) is 14.7. The molecule has 154 valence electrons. The summed E-state index contributed by atoms with van der Waals surface area (Å²) < 4.78 is 6.02. The maximum absolute atomic E-state index is 11.4. The van der Waals surface area contributed by atoms with Crippen molar-refractivity contribution in [3.63, 3.8) is 0 Å². The molecule has 1 aliphatic heterocycles. The van der Waals surface area contributed by atoms with Gasteiger partial charge in [-0.15, -0.1) is 0 Å². The molecule has 30 heavy (non-hydrogen) atoms. The van der Waals surface area contributed by atoms with E-state index in [0.29, 0.717) is 6.61 Å². The third-order valence-electron chi connectivity index (χ3n) is 6.28. The summed E-state index contributed by atoms with van der Waals surface area (Å²) >= 11 is 0. The lowest BCUT2D eigenvalue weighted by Gasteiger charge is -2.38. The van der Waals surface area contributed by atoms with Crippen LogP contribution in [0.25, 0.3) is 21.7 Å². The minimum atomic E-state index is -0.801. The lowest BCUT2D eigenvalue weighted by molar-refractivity contribution is -0.0255. The van der Waals surface area contributed by atoms with Crippen LogP contribution in [-0.4, -0.2) is 46.2 Å². The maximum atomic E-state index is 11.4. The fourth-order valence-electron chi connectivity index (χ4n) is 4.56. The predicted octanol–water partition coefficient (Wildman–Crippen LogP) is 4.47. The van der Waals surface area contributed by atoms with Gasteiger partial charge < -0.3 is 19.7 Å². The molecule has 2 aromatic heterocycles. The van der Waals surface area contributed by atoms with Gasteiger partial charge in [-0.05, 0) is 42.8 Å². The first-order chi connectivity index (χ1) is 14.7. The van der Waals surface area contributed by atoms with Gasteiger partial charge in [-0.25, -0.2) is 0 Å². The third-order valence-corrected chi connectivity index (χ3v) is 6.28. The summed E-state index contributed by atoms with van der Waals surface area (Å²) in [5.74, 6) is 0.935. The molecule has 0 unspecified atom stereocenters. The highest BCUT2D eigenvalue weighted by atomic mass is 16.5. The van der Waals surface area contributed by atoms with Gasteiger partial charge in [-0.2, -0.15) is 0 Å². The average molecular weight is 402 g/mol. The molecular weight excluding hydrogens is 374 g/mol. The number of aliphatic hydroxyl groups is 1. The first kappa shape index (κ1) is 19.1. The normalized spacial score (nSPS) is 16.8. The molecule has 4 aromatic rings. The van der Waals surface area contributed by atoms with Gasteiger partial charge in [-0.1, -0.05) is 30.3 Å². The topological polar surface area (TPSA) is 61.4 Å². The van der Waals surface area contributed by atoms with E-state index < -0.39 is 5.60 Å². The Balaban J connectivity index is 1.16. The van der Waals surface area contributed by atoms with Crippen molar-refractivity contribution in [2.45, 2.75) is 24.9 Å². The van der Waals surface area contributed by atoms with Crippen molar-refractivity contribution in [2.24, 2.45) is 0 Å². The van der Waals surface area contributed by atoms with E-state index in [-0.39, 0.29) is 0 Å². The molecule has 0 saturated carbocycles. The highest BCUT2D eigenvalue weighted by Gasteiger charge is 2.35. The van der Waals surface area contributed by atoms with Crippen molar-refractivity contribution in [2.75, 3.05) is 26.2 Å². The molecule has 0 aliphatic carbocycles. The van der Waals surface area contributed by atoms with Crippen LogP contribution in [0.15, 0.2) is 67.1 Å². The quantitative estimate of drug-likeness (QED) is 0.468. The minimum Gasteiger partial charge on any atom is -0.493 e. The fourth-order valence-corrected chi connectivity index (χ4v) is 4.56. The van der Waals surface area contributed by atoms with Gasteiger partial charge in [0, 0.05) is 60.1 Å². The Kier molecular flexibility index (Phi) is 5.15. The number of hydrogen-bond donors (Lipinski definition) is 2. The van der Waals surface area contributed by atoms with Crippen molar-refractivity contribution in [3.05, 3.63) is 72.7 Å². The zero-order valence-electron chi connectivity index (χ0n) is 17.1. The Morgan fingerprint density at radius 3 is 2.77 bits per heavy atom. The van der Waals surface area contributed by atoms with Crippen molar-refractivity contribution < 1.29 is 9.84 Å². The Bertz CT molecular complexity index is 1140. The van der Waals surface area contributed by atoms with Crippen LogP contribution in [0.1, 0.15) is 24.8 Å². The standard InChI is InChI=1S/C25H27N3O2/c29-25(22-18-26-17-19-5-1-2-6-20(19)22)10-14-28(15-11-25)13-4-16-30-24-8-3-7-23-21(24)9-12-27-23/h1-3,5-9,12,17-18,27,29H,4,10-11,13-16H2. The van der Waals surface area contributed by atoms with Crippen LogP contribution in [0.4, 0.5) is 0 Å². The van der Waals surface area contributed by atoms with E-state index in [1.807, 2.05) is 42.9 Å². The number of fused-ring (bicyclic) bond motifs is 2. The molecule has 2 aromatic carbocycles.